The summed E-state index contributed by atoms with van der Waals surface area (Å²) >= 11 is 0. The number of rotatable bonds is 11. The summed E-state index contributed by atoms with van der Waals surface area (Å²) in [4.78, 5) is 18.8. The molecule has 0 aliphatic heterocycles. The van der Waals surface area contributed by atoms with Crippen LogP contribution in [0.5, 0.6) is 0 Å². The summed E-state index contributed by atoms with van der Waals surface area (Å²) in [7, 11) is 1.77. The van der Waals surface area contributed by atoms with Gasteiger partial charge in [-0.25, -0.2) is 0 Å². The molecule has 30 heavy (non-hydrogen) atoms. The molecule has 1 heterocycles. The van der Waals surface area contributed by atoms with Crippen LogP contribution in [-0.4, -0.2) is 56.5 Å². The van der Waals surface area contributed by atoms with Crippen molar-refractivity contribution in [2.75, 3.05) is 39.8 Å². The number of hydrogen-bond donors (Lipinski definition) is 3. The molecule has 2 rings (SSSR count). The Morgan fingerprint density at radius 3 is 2.37 bits per heavy atom. The standard InChI is InChI=1S/C23H35N5O2/c1-5-28(6-2)20(19-11-8-7-9-12-19)17-27-23(24-4)26-15-10-14-25-22(29)21-18(3)13-16-30-21/h7-9,11-13,16,20H,5-6,10,14-15,17H2,1-4H3,(H,25,29)(H2,24,26,27). The summed E-state index contributed by atoms with van der Waals surface area (Å²) in [5.74, 6) is 0.963. The van der Waals surface area contributed by atoms with Crippen molar-refractivity contribution in [1.29, 1.82) is 0 Å². The van der Waals surface area contributed by atoms with E-state index in [2.05, 4.69) is 64.0 Å². The maximum Gasteiger partial charge on any atom is 0.287 e. The number of aryl methyl sites for hydroxylation is 1. The minimum atomic E-state index is -0.176. The van der Waals surface area contributed by atoms with Crippen LogP contribution in [0.25, 0.3) is 0 Å². The van der Waals surface area contributed by atoms with E-state index in [4.69, 9.17) is 4.42 Å². The number of carbonyl (C=O) groups excluding carboxylic acids is 1. The molecule has 0 saturated heterocycles. The molecule has 1 aromatic heterocycles. The predicted octanol–water partition coefficient (Wildman–Crippen LogP) is 2.96. The van der Waals surface area contributed by atoms with Gasteiger partial charge in [-0.3, -0.25) is 14.7 Å². The van der Waals surface area contributed by atoms with Crippen molar-refractivity contribution in [3.63, 3.8) is 0 Å². The zero-order valence-electron chi connectivity index (χ0n) is 18.6. The van der Waals surface area contributed by atoms with E-state index in [0.717, 1.165) is 37.6 Å². The van der Waals surface area contributed by atoms with E-state index in [1.165, 1.54) is 11.8 Å². The second kappa shape index (κ2) is 12.7. The van der Waals surface area contributed by atoms with Gasteiger partial charge in [-0.15, -0.1) is 0 Å². The SMILES string of the molecule is CCN(CC)C(CNC(=NC)NCCCNC(=O)c1occc1C)c1ccccc1. The molecular formula is C23H35N5O2. The van der Waals surface area contributed by atoms with Gasteiger partial charge in [0, 0.05) is 32.2 Å². The van der Waals surface area contributed by atoms with Crippen LogP contribution in [0.1, 0.15) is 48.0 Å². The number of guanidine groups is 1. The van der Waals surface area contributed by atoms with Gasteiger partial charge in [0.2, 0.25) is 0 Å². The molecule has 0 aliphatic rings. The van der Waals surface area contributed by atoms with Gasteiger partial charge in [-0.05, 0) is 38.1 Å². The van der Waals surface area contributed by atoms with Crippen molar-refractivity contribution in [1.82, 2.24) is 20.9 Å². The van der Waals surface area contributed by atoms with Crippen molar-refractivity contribution >= 4 is 11.9 Å². The van der Waals surface area contributed by atoms with Crippen LogP contribution in [0, 0.1) is 6.92 Å². The Hall–Kier alpha value is -2.80. The summed E-state index contributed by atoms with van der Waals surface area (Å²) in [6.45, 7) is 10.2. The number of nitrogens with zero attached hydrogens (tertiary/aromatic N) is 2. The third-order valence-corrected chi connectivity index (χ3v) is 5.12. The summed E-state index contributed by atoms with van der Waals surface area (Å²) in [5.41, 5.74) is 2.14. The van der Waals surface area contributed by atoms with Crippen LogP contribution in [0.4, 0.5) is 0 Å². The molecule has 0 bridgehead atoms. The summed E-state index contributed by atoms with van der Waals surface area (Å²) in [5, 5.41) is 9.64. The Bertz CT molecular complexity index is 784. The third-order valence-electron chi connectivity index (χ3n) is 5.12. The Balaban J connectivity index is 1.77. The molecule has 164 valence electrons. The molecule has 1 unspecified atom stereocenters. The minimum Gasteiger partial charge on any atom is -0.459 e. The second-order valence-electron chi connectivity index (χ2n) is 7.07. The zero-order valence-corrected chi connectivity index (χ0v) is 18.6. The van der Waals surface area contributed by atoms with Crippen LogP contribution in [-0.2, 0) is 0 Å². The van der Waals surface area contributed by atoms with Crippen molar-refractivity contribution in [2.24, 2.45) is 4.99 Å². The monoisotopic (exact) mass is 413 g/mol. The predicted molar refractivity (Wildman–Crippen MR) is 122 cm³/mol. The molecule has 7 nitrogen and oxygen atoms in total. The highest BCUT2D eigenvalue weighted by Crippen LogP contribution is 2.19. The largest absolute Gasteiger partial charge is 0.459 e. The molecular weight excluding hydrogens is 378 g/mol. The Labute approximate surface area is 179 Å². The first kappa shape index (κ1) is 23.5. The number of nitrogens with one attached hydrogen (secondary N) is 3. The molecule has 7 heteroatoms. The van der Waals surface area contributed by atoms with Gasteiger partial charge in [0.25, 0.3) is 5.91 Å². The van der Waals surface area contributed by atoms with Gasteiger partial charge in [0.1, 0.15) is 0 Å². The van der Waals surface area contributed by atoms with E-state index in [0.29, 0.717) is 18.8 Å². The Morgan fingerprint density at radius 1 is 1.07 bits per heavy atom. The molecule has 1 atom stereocenters. The van der Waals surface area contributed by atoms with Gasteiger partial charge in [-0.2, -0.15) is 0 Å². The second-order valence-corrected chi connectivity index (χ2v) is 7.07. The fourth-order valence-corrected chi connectivity index (χ4v) is 3.39. The van der Waals surface area contributed by atoms with Gasteiger partial charge in [0.15, 0.2) is 11.7 Å². The zero-order chi connectivity index (χ0) is 21.8. The molecule has 0 spiro atoms. The molecule has 2 aromatic rings. The molecule has 1 amide bonds. The number of furan rings is 1. The lowest BCUT2D eigenvalue weighted by molar-refractivity contribution is 0.0925. The number of likely N-dealkylation sites (N-methyl/N-ethyl adjacent to an activating group) is 1. The van der Waals surface area contributed by atoms with Crippen LogP contribution in [0.15, 0.2) is 52.1 Å². The quantitative estimate of drug-likeness (QED) is 0.300. The first-order chi connectivity index (χ1) is 14.6. The molecule has 0 fully saturated rings. The van der Waals surface area contributed by atoms with Crippen LogP contribution in [0.3, 0.4) is 0 Å². The molecule has 0 saturated carbocycles. The van der Waals surface area contributed by atoms with E-state index in [1.54, 1.807) is 13.1 Å². The van der Waals surface area contributed by atoms with Crippen LogP contribution >= 0.6 is 0 Å². The van der Waals surface area contributed by atoms with E-state index < -0.39 is 0 Å². The van der Waals surface area contributed by atoms with Crippen molar-refractivity contribution < 1.29 is 9.21 Å². The smallest absolute Gasteiger partial charge is 0.287 e. The average molecular weight is 414 g/mol. The highest BCUT2D eigenvalue weighted by molar-refractivity contribution is 5.92. The van der Waals surface area contributed by atoms with Gasteiger partial charge >= 0.3 is 0 Å². The minimum absolute atomic E-state index is 0.176. The summed E-state index contributed by atoms with van der Waals surface area (Å²) in [6.07, 6.45) is 2.31. The van der Waals surface area contributed by atoms with Gasteiger partial charge in [-0.1, -0.05) is 44.2 Å². The third kappa shape index (κ3) is 6.91. The van der Waals surface area contributed by atoms with Crippen molar-refractivity contribution in [2.45, 2.75) is 33.2 Å². The highest BCUT2D eigenvalue weighted by Gasteiger charge is 2.18. The fraction of sp³-hybridized carbons (Fsp3) is 0.478. The molecule has 0 radical (unpaired) electrons. The molecule has 1 aromatic carbocycles. The van der Waals surface area contributed by atoms with Crippen LogP contribution < -0.4 is 16.0 Å². The highest BCUT2D eigenvalue weighted by atomic mass is 16.3. The first-order valence-electron chi connectivity index (χ1n) is 10.7. The fourth-order valence-electron chi connectivity index (χ4n) is 3.39. The van der Waals surface area contributed by atoms with Crippen molar-refractivity contribution in [3.8, 4) is 0 Å². The summed E-state index contributed by atoms with van der Waals surface area (Å²) < 4.78 is 5.21. The number of hydrogen-bond acceptors (Lipinski definition) is 4. The molecule has 3 N–H and O–H groups in total. The topological polar surface area (TPSA) is 81.9 Å². The van der Waals surface area contributed by atoms with Gasteiger partial charge < -0.3 is 20.4 Å². The van der Waals surface area contributed by atoms with Crippen LogP contribution in [0.2, 0.25) is 0 Å². The lowest BCUT2D eigenvalue weighted by atomic mass is 10.1. The van der Waals surface area contributed by atoms with E-state index in [1.807, 2.05) is 13.0 Å². The number of carbonyl (C=O) groups is 1. The molecule has 0 aliphatic carbocycles. The number of benzene rings is 1. The average Bonchev–Trinajstić information content (AvgIpc) is 3.21. The van der Waals surface area contributed by atoms with E-state index in [9.17, 15) is 4.79 Å². The van der Waals surface area contributed by atoms with Gasteiger partial charge in [0.05, 0.1) is 12.3 Å². The van der Waals surface area contributed by atoms with E-state index in [-0.39, 0.29) is 11.9 Å². The van der Waals surface area contributed by atoms with E-state index >= 15 is 0 Å². The normalized spacial score (nSPS) is 12.6. The maximum atomic E-state index is 12.0. The Morgan fingerprint density at radius 2 is 1.77 bits per heavy atom. The van der Waals surface area contributed by atoms with Crippen molar-refractivity contribution in [3.05, 3.63) is 59.5 Å². The maximum absolute atomic E-state index is 12.0. The first-order valence-corrected chi connectivity index (χ1v) is 10.7. The number of aliphatic imine (C=N–C) groups is 1. The summed E-state index contributed by atoms with van der Waals surface area (Å²) in [6, 6.07) is 12.6. The Kier molecular flexibility index (Phi) is 9.94. The number of amides is 1. The lowest BCUT2D eigenvalue weighted by Gasteiger charge is -2.30. The lowest BCUT2D eigenvalue weighted by Crippen LogP contribution is -2.43.